The lowest BCUT2D eigenvalue weighted by molar-refractivity contribution is 0.0817. The highest BCUT2D eigenvalue weighted by molar-refractivity contribution is 6.03. The smallest absolute Gasteiger partial charge is 0.273 e. The van der Waals surface area contributed by atoms with E-state index < -0.39 is 5.82 Å². The summed E-state index contributed by atoms with van der Waals surface area (Å²) in [5.41, 5.74) is 4.34. The van der Waals surface area contributed by atoms with Crippen molar-refractivity contribution in [2.45, 2.75) is 32.7 Å². The molecule has 0 fully saturated rings. The van der Waals surface area contributed by atoms with E-state index in [1.807, 2.05) is 26.0 Å². The molecule has 0 spiro atoms. The molecule has 168 valence electrons. The van der Waals surface area contributed by atoms with Crippen LogP contribution in [0.2, 0.25) is 0 Å². The van der Waals surface area contributed by atoms with Crippen LogP contribution in [0.3, 0.4) is 0 Å². The van der Waals surface area contributed by atoms with E-state index in [1.165, 1.54) is 13.2 Å². The first kappa shape index (κ1) is 22.2. The summed E-state index contributed by atoms with van der Waals surface area (Å²) in [6.07, 6.45) is 0.390. The molecule has 0 bridgehead atoms. The van der Waals surface area contributed by atoms with E-state index in [9.17, 15) is 9.18 Å². The molecule has 1 aliphatic heterocycles. The Bertz CT molecular complexity index is 1280. The van der Waals surface area contributed by atoms with Crippen molar-refractivity contribution >= 4 is 23.1 Å². The van der Waals surface area contributed by atoms with Crippen LogP contribution in [-0.4, -0.2) is 34.9 Å². The van der Waals surface area contributed by atoms with Crippen LogP contribution in [0.25, 0.3) is 4.85 Å². The molecular formula is C25H24FN5O2. The maximum absolute atomic E-state index is 14.2. The number of carbonyl (C=O) groups excluding carboxylic acids is 1. The van der Waals surface area contributed by atoms with Gasteiger partial charge in [-0.1, -0.05) is 32.6 Å². The van der Waals surface area contributed by atoms with Gasteiger partial charge in [0.2, 0.25) is 0 Å². The summed E-state index contributed by atoms with van der Waals surface area (Å²) in [5.74, 6) is -0.000511. The standard InChI is InChI=1S/C25H24FN5O2/c1-14(2)17-10-9-15(29-24(17)27-3)11-16-12-20(22-21(28-16)13-31(4)25(22)32)30-19-8-6-7-18(26)23(19)33-5/h6-10,12,14H,11,13H2,1-2,4-5H3,(H,28,30). The molecule has 3 heterocycles. The number of halogens is 1. The van der Waals surface area contributed by atoms with Crippen molar-refractivity contribution in [2.24, 2.45) is 0 Å². The number of methoxy groups -OCH3 is 1. The van der Waals surface area contributed by atoms with Crippen LogP contribution in [0.15, 0.2) is 36.4 Å². The maximum Gasteiger partial charge on any atom is 0.273 e. The molecule has 0 unspecified atom stereocenters. The molecule has 7 nitrogen and oxygen atoms in total. The quantitative estimate of drug-likeness (QED) is 0.527. The third kappa shape index (κ3) is 4.22. The number of pyridine rings is 2. The average Bonchev–Trinajstić information content (AvgIpc) is 3.07. The fourth-order valence-electron chi connectivity index (χ4n) is 3.97. The third-order valence-corrected chi connectivity index (χ3v) is 5.59. The summed E-state index contributed by atoms with van der Waals surface area (Å²) in [6, 6.07) is 10.2. The highest BCUT2D eigenvalue weighted by Crippen LogP contribution is 2.35. The molecule has 8 heteroatoms. The van der Waals surface area contributed by atoms with Crippen LogP contribution < -0.4 is 10.1 Å². The number of rotatable bonds is 6. The van der Waals surface area contributed by atoms with E-state index in [0.717, 1.165) is 5.56 Å². The lowest BCUT2D eigenvalue weighted by Gasteiger charge is -2.15. The highest BCUT2D eigenvalue weighted by Gasteiger charge is 2.30. The molecule has 1 aromatic carbocycles. The number of ether oxygens (including phenoxy) is 1. The molecular weight excluding hydrogens is 421 g/mol. The molecule has 2 aromatic heterocycles. The van der Waals surface area contributed by atoms with Gasteiger partial charge in [-0.3, -0.25) is 9.78 Å². The Morgan fingerprint density at radius 1 is 1.21 bits per heavy atom. The zero-order valence-corrected chi connectivity index (χ0v) is 18.9. The minimum Gasteiger partial charge on any atom is -0.492 e. The molecule has 0 saturated carbocycles. The molecule has 0 saturated heterocycles. The fourth-order valence-corrected chi connectivity index (χ4v) is 3.97. The number of carbonyl (C=O) groups is 1. The predicted molar refractivity (Wildman–Crippen MR) is 124 cm³/mol. The van der Waals surface area contributed by atoms with Gasteiger partial charge in [0.15, 0.2) is 11.6 Å². The molecule has 33 heavy (non-hydrogen) atoms. The molecule has 3 aromatic rings. The van der Waals surface area contributed by atoms with Gasteiger partial charge in [-0.2, -0.15) is 0 Å². The maximum atomic E-state index is 14.2. The number of fused-ring (bicyclic) bond motifs is 1. The zero-order chi connectivity index (χ0) is 23.7. The Kier molecular flexibility index (Phi) is 5.97. The van der Waals surface area contributed by atoms with E-state index in [1.54, 1.807) is 30.1 Å². The van der Waals surface area contributed by atoms with Gasteiger partial charge in [-0.25, -0.2) is 4.39 Å². The van der Waals surface area contributed by atoms with Gasteiger partial charge < -0.3 is 19.8 Å². The largest absolute Gasteiger partial charge is 0.492 e. The monoisotopic (exact) mass is 445 g/mol. The van der Waals surface area contributed by atoms with Crippen molar-refractivity contribution in [1.82, 2.24) is 14.9 Å². The van der Waals surface area contributed by atoms with E-state index >= 15 is 0 Å². The first-order valence-corrected chi connectivity index (χ1v) is 10.6. The first-order valence-electron chi connectivity index (χ1n) is 10.6. The Hall–Kier alpha value is -3.99. The van der Waals surface area contributed by atoms with Crippen molar-refractivity contribution in [3.05, 3.63) is 81.8 Å². The topological polar surface area (TPSA) is 71.7 Å². The molecule has 1 N–H and O–H groups in total. The van der Waals surface area contributed by atoms with Crippen LogP contribution in [0.5, 0.6) is 5.75 Å². The average molecular weight is 445 g/mol. The summed E-state index contributed by atoms with van der Waals surface area (Å²) in [4.78, 5) is 27.2. The van der Waals surface area contributed by atoms with Crippen molar-refractivity contribution < 1.29 is 13.9 Å². The minimum atomic E-state index is -0.502. The summed E-state index contributed by atoms with van der Waals surface area (Å²) >= 11 is 0. The Labute approximate surface area is 192 Å². The second-order valence-electron chi connectivity index (χ2n) is 8.25. The number of benzene rings is 1. The van der Waals surface area contributed by atoms with Crippen LogP contribution >= 0.6 is 0 Å². The number of nitrogens with one attached hydrogen (secondary N) is 1. The van der Waals surface area contributed by atoms with E-state index in [2.05, 4.69) is 15.1 Å². The van der Waals surface area contributed by atoms with Gasteiger partial charge in [-0.05, 0) is 35.7 Å². The molecule has 0 aliphatic carbocycles. The molecule has 0 radical (unpaired) electrons. The van der Waals surface area contributed by atoms with E-state index in [-0.39, 0.29) is 17.6 Å². The SMILES string of the molecule is [C-]#[N+]c1nc(Cc2cc(Nc3cccc(F)c3OC)c3c(n2)CN(C)C3=O)ccc1C(C)C. The first-order chi connectivity index (χ1) is 15.8. The normalized spacial score (nSPS) is 12.6. The van der Waals surface area contributed by atoms with Gasteiger partial charge in [0.25, 0.3) is 11.7 Å². The number of para-hydroxylation sites is 1. The summed E-state index contributed by atoms with van der Waals surface area (Å²) < 4.78 is 19.4. The van der Waals surface area contributed by atoms with Crippen molar-refractivity contribution in [1.29, 1.82) is 0 Å². The number of hydrogen-bond donors (Lipinski definition) is 1. The molecule has 1 amide bonds. The van der Waals surface area contributed by atoms with Crippen LogP contribution in [-0.2, 0) is 13.0 Å². The van der Waals surface area contributed by atoms with E-state index in [4.69, 9.17) is 16.3 Å². The van der Waals surface area contributed by atoms with Crippen molar-refractivity contribution in [3.8, 4) is 5.75 Å². The van der Waals surface area contributed by atoms with Gasteiger partial charge in [0, 0.05) is 7.05 Å². The number of aromatic nitrogens is 2. The summed E-state index contributed by atoms with van der Waals surface area (Å²) in [5, 5.41) is 3.17. The van der Waals surface area contributed by atoms with Crippen molar-refractivity contribution in [2.75, 3.05) is 19.5 Å². The number of nitrogens with zero attached hydrogens (tertiary/aromatic N) is 4. The number of amides is 1. The lowest BCUT2D eigenvalue weighted by Crippen LogP contribution is -2.18. The molecule has 1 aliphatic rings. The van der Waals surface area contributed by atoms with Crippen molar-refractivity contribution in [3.63, 3.8) is 0 Å². The van der Waals surface area contributed by atoms with Gasteiger partial charge in [-0.15, -0.1) is 4.98 Å². The van der Waals surface area contributed by atoms with Crippen LogP contribution in [0, 0.1) is 12.4 Å². The fraction of sp³-hybridized carbons (Fsp3) is 0.280. The Morgan fingerprint density at radius 3 is 2.70 bits per heavy atom. The van der Waals surface area contributed by atoms with Gasteiger partial charge in [0.1, 0.15) is 5.69 Å². The summed E-state index contributed by atoms with van der Waals surface area (Å²) in [6.45, 7) is 11.9. The number of anilines is 2. The second kappa shape index (κ2) is 8.87. The molecule has 0 atom stereocenters. The zero-order valence-electron chi connectivity index (χ0n) is 18.9. The predicted octanol–water partition coefficient (Wildman–Crippen LogP) is 5.22. The minimum absolute atomic E-state index is 0.0658. The Morgan fingerprint density at radius 2 is 2.00 bits per heavy atom. The van der Waals surface area contributed by atoms with Gasteiger partial charge >= 0.3 is 0 Å². The van der Waals surface area contributed by atoms with Gasteiger partial charge in [0.05, 0.1) is 48.4 Å². The molecule has 4 rings (SSSR count). The lowest BCUT2D eigenvalue weighted by atomic mass is 10.0. The van der Waals surface area contributed by atoms with Crippen LogP contribution in [0.4, 0.5) is 21.6 Å². The van der Waals surface area contributed by atoms with Crippen LogP contribution in [0.1, 0.15) is 52.8 Å². The van der Waals surface area contributed by atoms with E-state index in [0.29, 0.717) is 52.8 Å². The number of hydrogen-bond acceptors (Lipinski definition) is 5. The summed E-state index contributed by atoms with van der Waals surface area (Å²) in [7, 11) is 3.11. The highest BCUT2D eigenvalue weighted by atomic mass is 19.1. The Balaban J connectivity index is 1.75. The second-order valence-corrected chi connectivity index (χ2v) is 8.25. The third-order valence-electron chi connectivity index (χ3n) is 5.59.